The number of ether oxygens (including phenoxy) is 3. The smallest absolute Gasteiger partial charge is 0.251 e. The highest BCUT2D eigenvalue weighted by Gasteiger charge is 2.25. The summed E-state index contributed by atoms with van der Waals surface area (Å²) < 4.78 is 15.9. The van der Waals surface area contributed by atoms with Gasteiger partial charge in [-0.2, -0.15) is 0 Å². The van der Waals surface area contributed by atoms with Gasteiger partial charge in [0.25, 0.3) is 5.91 Å². The van der Waals surface area contributed by atoms with Crippen LogP contribution >= 0.6 is 0 Å². The van der Waals surface area contributed by atoms with E-state index in [1.807, 2.05) is 24.4 Å². The van der Waals surface area contributed by atoms with E-state index in [1.54, 1.807) is 39.5 Å². The first-order chi connectivity index (χ1) is 13.4. The van der Waals surface area contributed by atoms with Crippen molar-refractivity contribution in [3.05, 3.63) is 53.7 Å². The zero-order valence-electron chi connectivity index (χ0n) is 16.9. The second-order valence-electron chi connectivity index (χ2n) is 7.25. The highest BCUT2D eigenvalue weighted by atomic mass is 16.5. The summed E-state index contributed by atoms with van der Waals surface area (Å²) in [6, 6.07) is 11.1. The summed E-state index contributed by atoms with van der Waals surface area (Å²) in [7, 11) is 4.77. The molecule has 0 fully saturated rings. The zero-order chi connectivity index (χ0) is 20.3. The molecule has 2 N–H and O–H groups in total. The van der Waals surface area contributed by atoms with E-state index >= 15 is 0 Å². The van der Waals surface area contributed by atoms with E-state index in [0.717, 1.165) is 22.2 Å². The van der Waals surface area contributed by atoms with E-state index in [0.29, 0.717) is 23.6 Å². The van der Waals surface area contributed by atoms with Gasteiger partial charge < -0.3 is 24.5 Å². The lowest BCUT2D eigenvalue weighted by molar-refractivity contribution is 0.0945. The molecule has 0 spiro atoms. The van der Waals surface area contributed by atoms with Crippen molar-refractivity contribution in [2.45, 2.75) is 19.3 Å². The molecule has 0 aliphatic heterocycles. The number of fused-ring (bicyclic) bond motifs is 1. The third kappa shape index (κ3) is 3.76. The van der Waals surface area contributed by atoms with Crippen LogP contribution in [-0.2, 0) is 5.41 Å². The van der Waals surface area contributed by atoms with Crippen LogP contribution in [0.4, 0.5) is 0 Å². The molecule has 6 heteroatoms. The van der Waals surface area contributed by atoms with Gasteiger partial charge in [0.15, 0.2) is 11.5 Å². The fourth-order valence-electron chi connectivity index (χ4n) is 3.26. The normalized spacial score (nSPS) is 11.3. The van der Waals surface area contributed by atoms with Gasteiger partial charge in [0, 0.05) is 34.6 Å². The average molecular weight is 382 g/mol. The van der Waals surface area contributed by atoms with Gasteiger partial charge in [0.2, 0.25) is 0 Å². The number of methoxy groups -OCH3 is 3. The molecule has 1 heterocycles. The molecule has 0 atom stereocenters. The molecular formula is C22H26N2O4. The number of hydrogen-bond donors (Lipinski definition) is 2. The fourth-order valence-corrected chi connectivity index (χ4v) is 3.26. The molecular weight excluding hydrogens is 356 g/mol. The van der Waals surface area contributed by atoms with Crippen LogP contribution < -0.4 is 19.5 Å². The Hall–Kier alpha value is -3.15. The van der Waals surface area contributed by atoms with Crippen molar-refractivity contribution in [3.63, 3.8) is 0 Å². The first-order valence-corrected chi connectivity index (χ1v) is 9.05. The molecule has 28 heavy (non-hydrogen) atoms. The van der Waals surface area contributed by atoms with Crippen molar-refractivity contribution in [1.29, 1.82) is 0 Å². The Labute approximate surface area is 164 Å². The van der Waals surface area contributed by atoms with Crippen LogP contribution in [0.15, 0.2) is 42.6 Å². The summed E-state index contributed by atoms with van der Waals surface area (Å²) in [4.78, 5) is 16.0. The number of benzene rings is 2. The van der Waals surface area contributed by atoms with Crippen LogP contribution in [0.1, 0.15) is 29.8 Å². The SMILES string of the molecule is COc1ccc2[nH]cc(C(C)(C)CNC(=O)c3ccc(OC)c(OC)c3)c2c1. The highest BCUT2D eigenvalue weighted by Crippen LogP contribution is 2.32. The minimum Gasteiger partial charge on any atom is -0.497 e. The van der Waals surface area contributed by atoms with Crippen molar-refractivity contribution < 1.29 is 19.0 Å². The molecule has 0 bridgehead atoms. The molecule has 3 rings (SSSR count). The van der Waals surface area contributed by atoms with Gasteiger partial charge in [-0.05, 0) is 42.0 Å². The van der Waals surface area contributed by atoms with Crippen molar-refractivity contribution >= 4 is 16.8 Å². The first kappa shape index (κ1) is 19.6. The summed E-state index contributed by atoms with van der Waals surface area (Å²) in [5.41, 5.74) is 2.40. The molecule has 6 nitrogen and oxygen atoms in total. The van der Waals surface area contributed by atoms with E-state index in [-0.39, 0.29) is 11.3 Å². The van der Waals surface area contributed by atoms with E-state index in [2.05, 4.69) is 24.1 Å². The van der Waals surface area contributed by atoms with Crippen molar-refractivity contribution in [3.8, 4) is 17.2 Å². The lowest BCUT2D eigenvalue weighted by Crippen LogP contribution is -2.36. The molecule has 0 aliphatic carbocycles. The minimum atomic E-state index is -0.281. The molecule has 2 aromatic carbocycles. The van der Waals surface area contributed by atoms with Crippen molar-refractivity contribution in [2.75, 3.05) is 27.9 Å². The Morgan fingerprint density at radius 2 is 1.75 bits per heavy atom. The van der Waals surface area contributed by atoms with Crippen molar-refractivity contribution in [1.82, 2.24) is 10.3 Å². The fraction of sp³-hybridized carbons (Fsp3) is 0.318. The summed E-state index contributed by atoms with van der Waals surface area (Å²) in [6.45, 7) is 4.68. The van der Waals surface area contributed by atoms with E-state index in [9.17, 15) is 4.79 Å². The predicted octanol–water partition coefficient (Wildman–Crippen LogP) is 3.90. The third-order valence-corrected chi connectivity index (χ3v) is 4.95. The second-order valence-corrected chi connectivity index (χ2v) is 7.25. The molecule has 0 unspecified atom stereocenters. The number of carbonyl (C=O) groups excluding carboxylic acids is 1. The Bertz CT molecular complexity index is 991. The third-order valence-electron chi connectivity index (χ3n) is 4.95. The standard InChI is InChI=1S/C22H26N2O4/c1-22(2,17-12-23-18-8-7-15(26-3)11-16(17)18)13-24-21(25)14-6-9-19(27-4)20(10-14)28-5/h6-12,23H,13H2,1-5H3,(H,24,25). The van der Waals surface area contributed by atoms with Gasteiger partial charge >= 0.3 is 0 Å². The number of carbonyl (C=O) groups is 1. The predicted molar refractivity (Wildman–Crippen MR) is 110 cm³/mol. The number of amides is 1. The number of nitrogens with one attached hydrogen (secondary N) is 2. The lowest BCUT2D eigenvalue weighted by Gasteiger charge is -2.25. The Morgan fingerprint density at radius 1 is 1.00 bits per heavy atom. The maximum absolute atomic E-state index is 12.7. The number of aromatic nitrogens is 1. The van der Waals surface area contributed by atoms with Gasteiger partial charge in [0.1, 0.15) is 5.75 Å². The van der Waals surface area contributed by atoms with Gasteiger partial charge in [-0.3, -0.25) is 4.79 Å². The molecule has 0 saturated heterocycles. The Balaban J connectivity index is 1.79. The van der Waals surface area contributed by atoms with Gasteiger partial charge in [-0.15, -0.1) is 0 Å². The number of hydrogen-bond acceptors (Lipinski definition) is 4. The van der Waals surface area contributed by atoms with Crippen LogP contribution in [0, 0.1) is 0 Å². The maximum atomic E-state index is 12.7. The van der Waals surface area contributed by atoms with Crippen LogP contribution in [-0.4, -0.2) is 38.8 Å². The summed E-state index contributed by atoms with van der Waals surface area (Å²) >= 11 is 0. The largest absolute Gasteiger partial charge is 0.497 e. The first-order valence-electron chi connectivity index (χ1n) is 9.05. The lowest BCUT2D eigenvalue weighted by atomic mass is 9.84. The topological polar surface area (TPSA) is 72.6 Å². The van der Waals surface area contributed by atoms with Crippen LogP contribution in [0.3, 0.4) is 0 Å². The maximum Gasteiger partial charge on any atom is 0.251 e. The monoisotopic (exact) mass is 382 g/mol. The molecule has 0 saturated carbocycles. The molecule has 1 amide bonds. The molecule has 3 aromatic rings. The molecule has 1 aromatic heterocycles. The Morgan fingerprint density at radius 3 is 2.43 bits per heavy atom. The van der Waals surface area contributed by atoms with Crippen LogP contribution in [0.5, 0.6) is 17.2 Å². The minimum absolute atomic E-state index is 0.161. The summed E-state index contributed by atoms with van der Waals surface area (Å²) in [5, 5.41) is 4.12. The van der Waals surface area contributed by atoms with E-state index < -0.39 is 0 Å². The van der Waals surface area contributed by atoms with Crippen molar-refractivity contribution in [2.24, 2.45) is 0 Å². The second kappa shape index (κ2) is 7.84. The number of aromatic amines is 1. The van der Waals surface area contributed by atoms with E-state index in [1.165, 1.54) is 0 Å². The van der Waals surface area contributed by atoms with Crippen LogP contribution in [0.25, 0.3) is 10.9 Å². The highest BCUT2D eigenvalue weighted by molar-refractivity contribution is 5.95. The van der Waals surface area contributed by atoms with E-state index in [4.69, 9.17) is 14.2 Å². The number of rotatable bonds is 7. The zero-order valence-corrected chi connectivity index (χ0v) is 16.9. The Kier molecular flexibility index (Phi) is 5.49. The number of H-pyrrole nitrogens is 1. The molecule has 0 aliphatic rings. The van der Waals surface area contributed by atoms with Gasteiger partial charge in [0.05, 0.1) is 21.3 Å². The molecule has 148 valence electrons. The van der Waals surface area contributed by atoms with Gasteiger partial charge in [-0.1, -0.05) is 13.8 Å². The summed E-state index contributed by atoms with van der Waals surface area (Å²) in [5.74, 6) is 1.76. The van der Waals surface area contributed by atoms with Gasteiger partial charge in [-0.25, -0.2) is 0 Å². The van der Waals surface area contributed by atoms with Crippen LogP contribution in [0.2, 0.25) is 0 Å². The molecule has 0 radical (unpaired) electrons. The average Bonchev–Trinajstić information content (AvgIpc) is 3.15. The quantitative estimate of drug-likeness (QED) is 0.650. The summed E-state index contributed by atoms with van der Waals surface area (Å²) in [6.07, 6.45) is 1.99.